The quantitative estimate of drug-likeness (QED) is 0.510. The van der Waals surface area contributed by atoms with Crippen LogP contribution >= 0.6 is 0 Å². The van der Waals surface area contributed by atoms with Gasteiger partial charge in [0.05, 0.1) is 0 Å². The van der Waals surface area contributed by atoms with Gasteiger partial charge in [0, 0.05) is 50.4 Å². The van der Waals surface area contributed by atoms with Gasteiger partial charge in [0.2, 0.25) is 11.6 Å². The predicted molar refractivity (Wildman–Crippen MR) is 140 cm³/mol. The van der Waals surface area contributed by atoms with Gasteiger partial charge in [-0.3, -0.25) is 14.5 Å². The minimum absolute atomic E-state index is 0.0934. The van der Waals surface area contributed by atoms with Crippen LogP contribution in [-0.4, -0.2) is 66.5 Å². The zero-order valence-corrected chi connectivity index (χ0v) is 20.8. The zero-order chi connectivity index (χ0) is 25.2. The molecule has 2 unspecified atom stereocenters. The largest absolute Gasteiger partial charge is 0.434 e. The number of benzene rings is 3. The van der Waals surface area contributed by atoms with Crippen molar-refractivity contribution < 1.29 is 14.3 Å². The van der Waals surface area contributed by atoms with Gasteiger partial charge in [0.25, 0.3) is 0 Å². The number of ether oxygens (including phenoxy) is 1. The maximum absolute atomic E-state index is 13.7. The monoisotopic (exact) mass is 496 g/mol. The molecule has 1 amide bonds. The molecule has 0 spiro atoms. The van der Waals surface area contributed by atoms with Crippen LogP contribution in [0.2, 0.25) is 0 Å². The fraction of sp³-hybridized carbons (Fsp3) is 0.333. The molecule has 0 radical (unpaired) electrons. The summed E-state index contributed by atoms with van der Waals surface area (Å²) in [5.41, 5.74) is 3.29. The third kappa shape index (κ3) is 4.33. The van der Waals surface area contributed by atoms with Gasteiger partial charge in [-0.15, -0.1) is 0 Å². The Hall–Kier alpha value is -3.52. The summed E-state index contributed by atoms with van der Waals surface area (Å²) in [6.07, 6.45) is 1.03. The highest BCUT2D eigenvalue weighted by Gasteiger charge is 2.60. The van der Waals surface area contributed by atoms with E-state index in [9.17, 15) is 9.59 Å². The first-order valence-corrected chi connectivity index (χ1v) is 13.1. The summed E-state index contributed by atoms with van der Waals surface area (Å²) < 4.78 is 6.24. The summed E-state index contributed by atoms with van der Waals surface area (Å²) in [6.45, 7) is 4.10. The summed E-state index contributed by atoms with van der Waals surface area (Å²) in [5, 5.41) is 6.46. The van der Waals surface area contributed by atoms with E-state index in [1.54, 1.807) is 0 Å². The number of nitrogens with zero attached hydrogens (tertiary/aromatic N) is 2. The fourth-order valence-electron chi connectivity index (χ4n) is 6.00. The zero-order valence-electron chi connectivity index (χ0n) is 20.8. The van der Waals surface area contributed by atoms with Gasteiger partial charge < -0.3 is 15.4 Å². The number of fused-ring (bicyclic) bond motifs is 2. The number of nitrogens with one attached hydrogen (secondary N) is 2. The van der Waals surface area contributed by atoms with Crippen molar-refractivity contribution in [3.8, 4) is 0 Å². The Balaban J connectivity index is 1.23. The van der Waals surface area contributed by atoms with Gasteiger partial charge in [0.15, 0.2) is 0 Å². The summed E-state index contributed by atoms with van der Waals surface area (Å²) in [7, 11) is 0. The van der Waals surface area contributed by atoms with Crippen LogP contribution in [0.15, 0.2) is 84.9 Å². The second kappa shape index (κ2) is 10.1. The van der Waals surface area contributed by atoms with Crippen molar-refractivity contribution >= 4 is 11.9 Å². The minimum atomic E-state index is -1.16. The van der Waals surface area contributed by atoms with Gasteiger partial charge in [-0.1, -0.05) is 84.9 Å². The normalized spacial score (nSPS) is 23.1. The maximum atomic E-state index is 13.7. The number of amides is 1. The molecule has 0 aliphatic carbocycles. The fourth-order valence-corrected chi connectivity index (χ4v) is 6.00. The SMILES string of the molecule is O=C(NCCN1CCc2ccccc2C1)C1CNCC2C(=O)OC(c3ccccc3)(c3ccccc3)N12. The van der Waals surface area contributed by atoms with Crippen molar-refractivity contribution in [1.29, 1.82) is 0 Å². The van der Waals surface area contributed by atoms with Crippen LogP contribution in [-0.2, 0) is 33.0 Å². The average molecular weight is 497 g/mol. The molecule has 2 fully saturated rings. The first-order valence-electron chi connectivity index (χ1n) is 13.1. The van der Waals surface area contributed by atoms with Crippen LogP contribution in [0.3, 0.4) is 0 Å². The number of esters is 1. The molecule has 0 aromatic heterocycles. The number of rotatable bonds is 6. The van der Waals surface area contributed by atoms with Crippen molar-refractivity contribution in [3.63, 3.8) is 0 Å². The van der Waals surface area contributed by atoms with E-state index in [4.69, 9.17) is 4.74 Å². The number of cyclic esters (lactones) is 1. The van der Waals surface area contributed by atoms with Gasteiger partial charge in [0.1, 0.15) is 12.1 Å². The molecular weight excluding hydrogens is 464 g/mol. The summed E-state index contributed by atoms with van der Waals surface area (Å²) >= 11 is 0. The topological polar surface area (TPSA) is 73.9 Å². The smallest absolute Gasteiger partial charge is 0.327 e. The second-order valence-corrected chi connectivity index (χ2v) is 9.98. The highest BCUT2D eigenvalue weighted by atomic mass is 16.6. The molecule has 6 rings (SSSR count). The number of hydrogen-bond donors (Lipinski definition) is 2. The van der Waals surface area contributed by atoms with Crippen molar-refractivity contribution in [2.75, 3.05) is 32.7 Å². The Morgan fingerprint density at radius 2 is 1.57 bits per heavy atom. The first kappa shape index (κ1) is 23.9. The van der Waals surface area contributed by atoms with Gasteiger partial charge in [-0.05, 0) is 17.5 Å². The molecule has 190 valence electrons. The Morgan fingerprint density at radius 1 is 0.919 bits per heavy atom. The Bertz CT molecular complexity index is 1230. The van der Waals surface area contributed by atoms with E-state index in [-0.39, 0.29) is 11.9 Å². The Morgan fingerprint density at radius 3 is 2.27 bits per heavy atom. The molecule has 37 heavy (non-hydrogen) atoms. The predicted octanol–water partition coefficient (Wildman–Crippen LogP) is 2.26. The molecule has 2 N–H and O–H groups in total. The molecule has 7 heteroatoms. The van der Waals surface area contributed by atoms with Gasteiger partial charge in [-0.2, -0.15) is 0 Å². The molecule has 2 atom stereocenters. The lowest BCUT2D eigenvalue weighted by Crippen LogP contribution is -2.66. The standard InChI is InChI=1S/C30H32N4O3/c35-28(32-16-18-33-17-15-22-9-7-8-10-23(22)21-33)26-19-31-20-27-29(36)37-30(34(26)27,24-11-3-1-4-12-24)25-13-5-2-6-14-25/h1-14,26-27,31H,15-21H2,(H,32,35). The molecule has 0 bridgehead atoms. The van der Waals surface area contributed by atoms with Crippen molar-refractivity contribution in [2.45, 2.75) is 30.8 Å². The van der Waals surface area contributed by atoms with Crippen LogP contribution in [0.1, 0.15) is 22.3 Å². The Labute approximate surface area is 217 Å². The molecular formula is C30H32N4O3. The van der Waals surface area contributed by atoms with Crippen molar-refractivity contribution in [2.24, 2.45) is 0 Å². The lowest BCUT2D eigenvalue weighted by atomic mass is 9.90. The summed E-state index contributed by atoms with van der Waals surface area (Å²) in [5.74, 6) is -0.408. The third-order valence-corrected chi connectivity index (χ3v) is 7.80. The van der Waals surface area contributed by atoms with E-state index in [0.29, 0.717) is 19.6 Å². The molecule has 7 nitrogen and oxygen atoms in total. The number of hydrogen-bond acceptors (Lipinski definition) is 6. The first-order chi connectivity index (χ1) is 18.2. The van der Waals surface area contributed by atoms with Crippen LogP contribution in [0, 0.1) is 0 Å². The van der Waals surface area contributed by atoms with E-state index in [1.807, 2.05) is 65.6 Å². The maximum Gasteiger partial charge on any atom is 0.327 e. The molecule has 3 aromatic carbocycles. The van der Waals surface area contributed by atoms with Gasteiger partial charge in [-0.25, -0.2) is 4.90 Å². The highest BCUT2D eigenvalue weighted by molar-refractivity contribution is 5.86. The summed E-state index contributed by atoms with van der Waals surface area (Å²) in [6, 6.07) is 27.0. The Kier molecular flexibility index (Phi) is 6.50. The molecule has 3 heterocycles. The van der Waals surface area contributed by atoms with E-state index in [0.717, 1.165) is 37.2 Å². The molecule has 3 aromatic rings. The minimum Gasteiger partial charge on any atom is -0.434 e. The number of piperazine rings is 1. The third-order valence-electron chi connectivity index (χ3n) is 7.80. The van der Waals surface area contributed by atoms with Crippen LogP contribution in [0.4, 0.5) is 0 Å². The van der Waals surface area contributed by atoms with Crippen LogP contribution < -0.4 is 10.6 Å². The van der Waals surface area contributed by atoms with Crippen molar-refractivity contribution in [3.05, 3.63) is 107 Å². The molecule has 3 aliphatic rings. The summed E-state index contributed by atoms with van der Waals surface area (Å²) in [4.78, 5) is 31.2. The van der Waals surface area contributed by atoms with E-state index in [2.05, 4.69) is 39.8 Å². The lowest BCUT2D eigenvalue weighted by Gasteiger charge is -2.44. The molecule has 3 aliphatic heterocycles. The van der Waals surface area contributed by atoms with Crippen LogP contribution in [0.25, 0.3) is 0 Å². The average Bonchev–Trinajstić information content (AvgIpc) is 3.27. The van der Waals surface area contributed by atoms with Gasteiger partial charge >= 0.3 is 5.97 Å². The number of carbonyl (C=O) groups is 2. The van der Waals surface area contributed by atoms with E-state index in [1.165, 1.54) is 11.1 Å². The van der Waals surface area contributed by atoms with E-state index < -0.39 is 17.8 Å². The van der Waals surface area contributed by atoms with Crippen LogP contribution in [0.5, 0.6) is 0 Å². The van der Waals surface area contributed by atoms with Crippen molar-refractivity contribution in [1.82, 2.24) is 20.4 Å². The molecule has 0 saturated carbocycles. The number of carbonyl (C=O) groups excluding carboxylic acids is 2. The molecule has 2 saturated heterocycles. The lowest BCUT2D eigenvalue weighted by molar-refractivity contribution is -0.153. The van der Waals surface area contributed by atoms with E-state index >= 15 is 0 Å². The second-order valence-electron chi connectivity index (χ2n) is 9.98. The highest BCUT2D eigenvalue weighted by Crippen LogP contribution is 2.45.